The van der Waals surface area contributed by atoms with E-state index in [2.05, 4.69) is 17.1 Å². The SMILES string of the molecule is C1=CC=NC(CC2CCCO2)C=C1. The second-order valence-corrected chi connectivity index (χ2v) is 3.51. The minimum atomic E-state index is 0.318. The van der Waals surface area contributed by atoms with E-state index in [9.17, 15) is 0 Å². The van der Waals surface area contributed by atoms with E-state index in [1.165, 1.54) is 12.8 Å². The lowest BCUT2D eigenvalue weighted by molar-refractivity contribution is 0.102. The second kappa shape index (κ2) is 4.38. The van der Waals surface area contributed by atoms with Crippen molar-refractivity contribution in [2.24, 2.45) is 4.99 Å². The largest absolute Gasteiger partial charge is 0.378 e. The summed E-state index contributed by atoms with van der Waals surface area (Å²) in [6.45, 7) is 0.934. The molecule has 0 aromatic carbocycles. The number of ether oxygens (including phenoxy) is 1. The van der Waals surface area contributed by atoms with Crippen LogP contribution in [0.1, 0.15) is 19.3 Å². The molecule has 2 heterocycles. The Bertz CT molecular complexity index is 220. The maximum absolute atomic E-state index is 5.57. The molecule has 0 saturated carbocycles. The summed E-state index contributed by atoms with van der Waals surface area (Å²) in [7, 11) is 0. The summed E-state index contributed by atoms with van der Waals surface area (Å²) >= 11 is 0. The quantitative estimate of drug-likeness (QED) is 0.633. The van der Waals surface area contributed by atoms with Crippen LogP contribution in [0.5, 0.6) is 0 Å². The lowest BCUT2D eigenvalue weighted by Crippen LogP contribution is -2.13. The highest BCUT2D eigenvalue weighted by atomic mass is 16.5. The first-order chi connectivity index (χ1) is 6.45. The van der Waals surface area contributed by atoms with Gasteiger partial charge in [-0.25, -0.2) is 0 Å². The van der Waals surface area contributed by atoms with Crippen LogP contribution in [-0.4, -0.2) is 25.0 Å². The predicted molar refractivity (Wildman–Crippen MR) is 54.2 cm³/mol. The van der Waals surface area contributed by atoms with Gasteiger partial charge in [-0.15, -0.1) is 0 Å². The molecular weight excluding hydrogens is 162 g/mol. The van der Waals surface area contributed by atoms with E-state index in [4.69, 9.17) is 4.74 Å². The molecule has 0 aliphatic carbocycles. The summed E-state index contributed by atoms with van der Waals surface area (Å²) in [5.41, 5.74) is 0. The summed E-state index contributed by atoms with van der Waals surface area (Å²) in [4.78, 5) is 4.41. The van der Waals surface area contributed by atoms with E-state index in [1.54, 1.807) is 0 Å². The molecule has 2 heteroatoms. The smallest absolute Gasteiger partial charge is 0.0707 e. The molecular formula is C11H15NO. The van der Waals surface area contributed by atoms with Crippen LogP contribution in [0, 0.1) is 0 Å². The van der Waals surface area contributed by atoms with E-state index in [-0.39, 0.29) is 0 Å². The number of hydrogen-bond acceptors (Lipinski definition) is 2. The van der Waals surface area contributed by atoms with Crippen molar-refractivity contribution < 1.29 is 4.74 Å². The minimum Gasteiger partial charge on any atom is -0.378 e. The summed E-state index contributed by atoms with van der Waals surface area (Å²) in [5.74, 6) is 0. The average molecular weight is 177 g/mol. The maximum Gasteiger partial charge on any atom is 0.0707 e. The molecule has 1 saturated heterocycles. The van der Waals surface area contributed by atoms with Gasteiger partial charge >= 0.3 is 0 Å². The first-order valence-corrected chi connectivity index (χ1v) is 4.93. The van der Waals surface area contributed by atoms with Crippen molar-refractivity contribution in [2.45, 2.75) is 31.4 Å². The van der Waals surface area contributed by atoms with Gasteiger partial charge in [-0.2, -0.15) is 0 Å². The molecule has 1 fully saturated rings. The van der Waals surface area contributed by atoms with Gasteiger partial charge in [0.1, 0.15) is 0 Å². The number of nitrogens with zero attached hydrogens (tertiary/aromatic N) is 1. The zero-order valence-corrected chi connectivity index (χ0v) is 7.73. The van der Waals surface area contributed by atoms with Crippen LogP contribution in [0.2, 0.25) is 0 Å². The molecule has 0 spiro atoms. The van der Waals surface area contributed by atoms with Gasteiger partial charge in [-0.3, -0.25) is 4.99 Å². The van der Waals surface area contributed by atoms with E-state index < -0.39 is 0 Å². The number of aliphatic imine (C=N–C) groups is 1. The Morgan fingerprint density at radius 1 is 1.31 bits per heavy atom. The van der Waals surface area contributed by atoms with E-state index in [0.717, 1.165) is 13.0 Å². The third kappa shape index (κ3) is 2.52. The fourth-order valence-corrected chi connectivity index (χ4v) is 1.76. The minimum absolute atomic E-state index is 0.318. The van der Waals surface area contributed by atoms with Crippen molar-refractivity contribution in [1.29, 1.82) is 0 Å². The zero-order chi connectivity index (χ0) is 8.93. The Morgan fingerprint density at radius 3 is 3.15 bits per heavy atom. The molecule has 13 heavy (non-hydrogen) atoms. The number of rotatable bonds is 2. The van der Waals surface area contributed by atoms with E-state index in [1.807, 2.05) is 18.4 Å². The van der Waals surface area contributed by atoms with Gasteiger partial charge in [-0.1, -0.05) is 18.2 Å². The Kier molecular flexibility index (Phi) is 2.93. The van der Waals surface area contributed by atoms with Crippen LogP contribution >= 0.6 is 0 Å². The molecule has 2 atom stereocenters. The van der Waals surface area contributed by atoms with Gasteiger partial charge < -0.3 is 4.74 Å². The normalized spacial score (nSPS) is 32.3. The van der Waals surface area contributed by atoms with Crippen molar-refractivity contribution in [3.63, 3.8) is 0 Å². The molecule has 2 rings (SSSR count). The Hall–Kier alpha value is -0.890. The van der Waals surface area contributed by atoms with E-state index >= 15 is 0 Å². The molecule has 0 aromatic rings. The summed E-state index contributed by atoms with van der Waals surface area (Å²) in [6.07, 6.45) is 13.9. The first-order valence-electron chi connectivity index (χ1n) is 4.93. The fourth-order valence-electron chi connectivity index (χ4n) is 1.76. The van der Waals surface area contributed by atoms with Crippen LogP contribution in [0.15, 0.2) is 29.3 Å². The predicted octanol–water partition coefficient (Wildman–Crippen LogP) is 2.12. The van der Waals surface area contributed by atoms with Crippen molar-refractivity contribution in [3.8, 4) is 0 Å². The highest BCUT2D eigenvalue weighted by molar-refractivity contribution is 5.72. The maximum atomic E-state index is 5.57. The topological polar surface area (TPSA) is 21.6 Å². The van der Waals surface area contributed by atoms with Gasteiger partial charge in [0.05, 0.1) is 12.1 Å². The molecule has 2 nitrogen and oxygen atoms in total. The molecule has 2 unspecified atom stereocenters. The lowest BCUT2D eigenvalue weighted by atomic mass is 10.1. The van der Waals surface area contributed by atoms with Gasteiger partial charge in [-0.05, 0) is 25.3 Å². The van der Waals surface area contributed by atoms with Crippen molar-refractivity contribution in [3.05, 3.63) is 24.3 Å². The van der Waals surface area contributed by atoms with E-state index in [0.29, 0.717) is 12.1 Å². The van der Waals surface area contributed by atoms with Gasteiger partial charge in [0, 0.05) is 12.8 Å². The Balaban J connectivity index is 1.86. The second-order valence-electron chi connectivity index (χ2n) is 3.51. The Labute approximate surface area is 79.0 Å². The van der Waals surface area contributed by atoms with Gasteiger partial charge in [0.15, 0.2) is 0 Å². The molecule has 2 aliphatic heterocycles. The molecule has 0 N–H and O–H groups in total. The van der Waals surface area contributed by atoms with Gasteiger partial charge in [0.2, 0.25) is 0 Å². The molecule has 0 amide bonds. The number of hydrogen-bond donors (Lipinski definition) is 0. The fraction of sp³-hybridized carbons (Fsp3) is 0.545. The van der Waals surface area contributed by atoms with Crippen molar-refractivity contribution in [2.75, 3.05) is 6.61 Å². The highest BCUT2D eigenvalue weighted by Gasteiger charge is 2.18. The van der Waals surface area contributed by atoms with Crippen LogP contribution in [0.4, 0.5) is 0 Å². The third-order valence-corrected chi connectivity index (χ3v) is 2.45. The molecule has 2 aliphatic rings. The summed E-state index contributed by atoms with van der Waals surface area (Å²) < 4.78 is 5.57. The van der Waals surface area contributed by atoms with Gasteiger partial charge in [0.25, 0.3) is 0 Å². The number of allylic oxidation sites excluding steroid dienone is 3. The summed E-state index contributed by atoms with van der Waals surface area (Å²) in [5, 5.41) is 0. The van der Waals surface area contributed by atoms with Crippen LogP contribution < -0.4 is 0 Å². The van der Waals surface area contributed by atoms with Crippen LogP contribution in [0.25, 0.3) is 0 Å². The molecule has 70 valence electrons. The van der Waals surface area contributed by atoms with Crippen molar-refractivity contribution in [1.82, 2.24) is 0 Å². The Morgan fingerprint density at radius 2 is 2.31 bits per heavy atom. The van der Waals surface area contributed by atoms with Crippen LogP contribution in [0.3, 0.4) is 0 Å². The molecule has 0 bridgehead atoms. The average Bonchev–Trinajstić information content (AvgIpc) is 2.49. The third-order valence-electron chi connectivity index (χ3n) is 2.45. The summed E-state index contributed by atoms with van der Waals surface area (Å²) in [6, 6.07) is 0.318. The first kappa shape index (κ1) is 8.70. The van der Waals surface area contributed by atoms with Crippen molar-refractivity contribution >= 4 is 6.21 Å². The standard InChI is InChI=1S/C11H15NO/c1-2-5-10(12-7-3-1)9-11-6-4-8-13-11/h1-3,5,7,10-11H,4,6,8-9H2. The highest BCUT2D eigenvalue weighted by Crippen LogP contribution is 2.19. The molecule has 0 aromatic heterocycles. The van der Waals surface area contributed by atoms with Crippen LogP contribution in [-0.2, 0) is 4.74 Å². The molecule has 0 radical (unpaired) electrons. The zero-order valence-electron chi connectivity index (χ0n) is 7.73. The lowest BCUT2D eigenvalue weighted by Gasteiger charge is -2.12. The monoisotopic (exact) mass is 177 g/mol.